The number of ether oxygens (including phenoxy) is 1. The lowest BCUT2D eigenvalue weighted by atomic mass is 10.1. The zero-order valence-electron chi connectivity index (χ0n) is 15.8. The molecule has 3 aromatic rings. The summed E-state index contributed by atoms with van der Waals surface area (Å²) in [6.07, 6.45) is 1.78. The summed E-state index contributed by atoms with van der Waals surface area (Å²) in [5, 5.41) is 0.913. The molecule has 3 heteroatoms. The van der Waals surface area contributed by atoms with Crippen molar-refractivity contribution in [1.82, 2.24) is 0 Å². The maximum Gasteiger partial charge on any atom is 0.126 e. The van der Waals surface area contributed by atoms with Crippen LogP contribution in [0, 0.1) is 13.8 Å². The van der Waals surface area contributed by atoms with Crippen LogP contribution in [0.4, 0.5) is 5.69 Å². The van der Waals surface area contributed by atoms with Crippen molar-refractivity contribution in [2.24, 2.45) is 4.99 Å². The van der Waals surface area contributed by atoms with Gasteiger partial charge in [0.2, 0.25) is 0 Å². The molecule has 0 aromatic heterocycles. The lowest BCUT2D eigenvalue weighted by Crippen LogP contribution is -1.97. The average molecular weight is 374 g/mol. The molecular formula is C24H23NOS. The van der Waals surface area contributed by atoms with Gasteiger partial charge < -0.3 is 4.74 Å². The minimum Gasteiger partial charge on any atom is -0.465 e. The Balaban J connectivity index is 1.86. The van der Waals surface area contributed by atoms with Gasteiger partial charge in [-0.15, -0.1) is 0 Å². The highest BCUT2D eigenvalue weighted by Crippen LogP contribution is 2.27. The van der Waals surface area contributed by atoms with E-state index in [1.807, 2.05) is 61.5 Å². The lowest BCUT2D eigenvalue weighted by Gasteiger charge is -2.09. The summed E-state index contributed by atoms with van der Waals surface area (Å²) in [4.78, 5) is 5.97. The predicted octanol–water partition coefficient (Wildman–Crippen LogP) is 7.11. The zero-order chi connectivity index (χ0) is 19.1. The van der Waals surface area contributed by atoms with E-state index in [9.17, 15) is 0 Å². The zero-order valence-corrected chi connectivity index (χ0v) is 16.7. The van der Waals surface area contributed by atoms with Crippen LogP contribution < -0.4 is 4.74 Å². The van der Waals surface area contributed by atoms with Gasteiger partial charge in [-0.05, 0) is 68.3 Å². The Hall–Kier alpha value is -2.78. The topological polar surface area (TPSA) is 21.6 Å². The highest BCUT2D eigenvalue weighted by Gasteiger charge is 2.07. The van der Waals surface area contributed by atoms with Crippen LogP contribution in [-0.2, 0) is 0 Å². The van der Waals surface area contributed by atoms with E-state index in [4.69, 9.17) is 9.73 Å². The highest BCUT2D eigenvalue weighted by molar-refractivity contribution is 8.14. The van der Waals surface area contributed by atoms with Crippen molar-refractivity contribution in [2.75, 3.05) is 0 Å². The summed E-state index contributed by atoms with van der Waals surface area (Å²) in [6.45, 7) is 6.21. The highest BCUT2D eigenvalue weighted by atomic mass is 32.2. The van der Waals surface area contributed by atoms with E-state index in [0.29, 0.717) is 0 Å². The van der Waals surface area contributed by atoms with Crippen molar-refractivity contribution >= 4 is 22.5 Å². The van der Waals surface area contributed by atoms with Crippen LogP contribution in [0.1, 0.15) is 18.1 Å². The van der Waals surface area contributed by atoms with Gasteiger partial charge in [0.1, 0.15) is 10.8 Å². The average Bonchev–Trinajstić information content (AvgIpc) is 2.70. The van der Waals surface area contributed by atoms with Gasteiger partial charge in [0.25, 0.3) is 0 Å². The maximum absolute atomic E-state index is 5.90. The molecule has 0 aliphatic rings. The molecule has 0 amide bonds. The predicted molar refractivity (Wildman–Crippen MR) is 116 cm³/mol. The van der Waals surface area contributed by atoms with Crippen LogP contribution >= 0.6 is 11.8 Å². The number of aryl methyl sites for hydroxylation is 2. The summed E-state index contributed by atoms with van der Waals surface area (Å²) in [6, 6.07) is 26.4. The molecule has 0 bridgehead atoms. The number of rotatable bonds is 5. The molecular weight excluding hydrogens is 350 g/mol. The Kier molecular flexibility index (Phi) is 6.50. The van der Waals surface area contributed by atoms with Crippen LogP contribution in [0.25, 0.3) is 0 Å². The van der Waals surface area contributed by atoms with Crippen molar-refractivity contribution in [2.45, 2.75) is 25.7 Å². The number of nitrogens with zero attached hydrogens (tertiary/aromatic N) is 1. The van der Waals surface area contributed by atoms with Gasteiger partial charge in [0, 0.05) is 10.5 Å². The Morgan fingerprint density at radius 2 is 1.52 bits per heavy atom. The summed E-state index contributed by atoms with van der Waals surface area (Å²) < 4.78 is 5.90. The van der Waals surface area contributed by atoms with E-state index in [1.165, 1.54) is 11.1 Å². The van der Waals surface area contributed by atoms with E-state index in [2.05, 4.69) is 38.1 Å². The quantitative estimate of drug-likeness (QED) is 0.206. The monoisotopic (exact) mass is 373 g/mol. The van der Waals surface area contributed by atoms with Crippen LogP contribution in [0.2, 0.25) is 0 Å². The number of hydrogen-bond donors (Lipinski definition) is 0. The first-order chi connectivity index (χ1) is 13.1. The molecule has 2 nitrogen and oxygen atoms in total. The first-order valence-corrected chi connectivity index (χ1v) is 9.71. The van der Waals surface area contributed by atoms with Gasteiger partial charge in [0.15, 0.2) is 0 Å². The third kappa shape index (κ3) is 5.60. The molecule has 0 atom stereocenters. The SMILES string of the molecule is CC(=COc1ccc(C)c(C)c1)/C(=N\c1ccccc1)Sc1ccccc1. The second-order valence-electron chi connectivity index (χ2n) is 6.33. The molecule has 0 unspecified atom stereocenters. The molecule has 0 N–H and O–H groups in total. The molecule has 0 aliphatic carbocycles. The van der Waals surface area contributed by atoms with Crippen molar-refractivity contribution in [3.8, 4) is 5.75 Å². The van der Waals surface area contributed by atoms with E-state index >= 15 is 0 Å². The minimum absolute atomic E-state index is 0.834. The number of benzene rings is 3. The molecule has 3 aromatic carbocycles. The van der Waals surface area contributed by atoms with Gasteiger partial charge in [0.05, 0.1) is 11.9 Å². The second kappa shape index (κ2) is 9.24. The third-order valence-corrected chi connectivity index (χ3v) is 5.25. The van der Waals surface area contributed by atoms with Crippen LogP contribution in [0.3, 0.4) is 0 Å². The van der Waals surface area contributed by atoms with Crippen molar-refractivity contribution in [1.29, 1.82) is 0 Å². The first-order valence-electron chi connectivity index (χ1n) is 8.89. The van der Waals surface area contributed by atoms with Crippen molar-refractivity contribution in [3.63, 3.8) is 0 Å². The molecule has 0 saturated carbocycles. The van der Waals surface area contributed by atoms with Gasteiger partial charge in [-0.1, -0.05) is 54.2 Å². The Morgan fingerprint density at radius 3 is 2.19 bits per heavy atom. The number of para-hydroxylation sites is 1. The summed E-state index contributed by atoms with van der Waals surface area (Å²) >= 11 is 1.63. The van der Waals surface area contributed by atoms with Gasteiger partial charge in [-0.3, -0.25) is 0 Å². The Labute approximate surface area is 165 Å². The number of thioether (sulfide) groups is 1. The van der Waals surface area contributed by atoms with Gasteiger partial charge in [-0.2, -0.15) is 0 Å². The Bertz CT molecular complexity index is 947. The van der Waals surface area contributed by atoms with Gasteiger partial charge >= 0.3 is 0 Å². The molecule has 0 saturated heterocycles. The molecule has 0 aliphatic heterocycles. The molecule has 0 radical (unpaired) electrons. The smallest absolute Gasteiger partial charge is 0.126 e. The molecule has 0 spiro atoms. The fourth-order valence-electron chi connectivity index (χ4n) is 2.41. The van der Waals surface area contributed by atoms with Crippen LogP contribution in [0.5, 0.6) is 5.75 Å². The van der Waals surface area contributed by atoms with E-state index in [0.717, 1.165) is 26.9 Å². The van der Waals surface area contributed by atoms with E-state index in [1.54, 1.807) is 18.0 Å². The molecule has 0 heterocycles. The van der Waals surface area contributed by atoms with Gasteiger partial charge in [-0.25, -0.2) is 4.99 Å². The minimum atomic E-state index is 0.834. The molecule has 27 heavy (non-hydrogen) atoms. The van der Waals surface area contributed by atoms with Crippen molar-refractivity contribution in [3.05, 3.63) is 102 Å². The van der Waals surface area contributed by atoms with Crippen LogP contribution in [0.15, 0.2) is 101 Å². The standard InChI is InChI=1S/C24H23NOS/c1-18-14-15-22(16-19(18)2)26-17-20(3)24(25-21-10-6-4-7-11-21)27-23-12-8-5-9-13-23/h4-17H,1-3H3/b20-17?,25-24+. The van der Waals surface area contributed by atoms with Crippen LogP contribution in [-0.4, -0.2) is 5.04 Å². The van der Waals surface area contributed by atoms with E-state index in [-0.39, 0.29) is 0 Å². The Morgan fingerprint density at radius 1 is 0.852 bits per heavy atom. The normalized spacial score (nSPS) is 12.1. The number of aliphatic imine (C=N–C) groups is 1. The molecule has 136 valence electrons. The molecule has 3 rings (SSSR count). The fraction of sp³-hybridized carbons (Fsp3) is 0.125. The summed E-state index contributed by atoms with van der Waals surface area (Å²) in [5.41, 5.74) is 4.38. The van der Waals surface area contributed by atoms with Crippen molar-refractivity contribution < 1.29 is 4.74 Å². The van der Waals surface area contributed by atoms with E-state index < -0.39 is 0 Å². The maximum atomic E-state index is 5.90. The second-order valence-corrected chi connectivity index (χ2v) is 7.39. The first kappa shape index (κ1) is 19.0. The number of hydrogen-bond acceptors (Lipinski definition) is 3. The third-order valence-electron chi connectivity index (χ3n) is 4.13. The fourth-order valence-corrected chi connectivity index (χ4v) is 3.28. The lowest BCUT2D eigenvalue weighted by molar-refractivity contribution is 0.478. The largest absolute Gasteiger partial charge is 0.465 e. The summed E-state index contributed by atoms with van der Waals surface area (Å²) in [7, 11) is 0. The summed E-state index contributed by atoms with van der Waals surface area (Å²) in [5.74, 6) is 0.834. The molecule has 0 fully saturated rings.